The normalized spacial score (nSPS) is 21.1. The largest absolute Gasteiger partial charge is 0.380 e. The molecule has 1 amide bonds. The molecule has 1 aliphatic heterocycles. The van der Waals surface area contributed by atoms with Gasteiger partial charge in [0.25, 0.3) is 5.91 Å². The van der Waals surface area contributed by atoms with Gasteiger partial charge in [0.1, 0.15) is 6.23 Å². The quantitative estimate of drug-likeness (QED) is 0.457. The zero-order chi connectivity index (χ0) is 20.3. The van der Waals surface area contributed by atoms with E-state index in [2.05, 4.69) is 20.4 Å². The zero-order valence-corrected chi connectivity index (χ0v) is 16.5. The van der Waals surface area contributed by atoms with Gasteiger partial charge in [0.2, 0.25) is 0 Å². The van der Waals surface area contributed by atoms with Crippen molar-refractivity contribution in [1.82, 2.24) is 29.7 Å². The number of fused-ring (bicyclic) bond motifs is 1. The molecule has 0 saturated carbocycles. The number of nitrogens with one attached hydrogen (secondary N) is 1. The van der Waals surface area contributed by atoms with E-state index in [0.29, 0.717) is 29.8 Å². The van der Waals surface area contributed by atoms with E-state index in [0.717, 1.165) is 0 Å². The molecule has 15 heteroatoms. The third-order valence-electron chi connectivity index (χ3n) is 4.00. The molecular formula is C13H20N8O5S2. The van der Waals surface area contributed by atoms with Crippen molar-refractivity contribution < 1.29 is 22.1 Å². The Morgan fingerprint density at radius 2 is 2.29 bits per heavy atom. The molecular weight excluding hydrogens is 412 g/mol. The second kappa shape index (κ2) is 8.52. The summed E-state index contributed by atoms with van der Waals surface area (Å²) in [6.45, 7) is 0. The minimum atomic E-state index is -4.37. The first-order valence-corrected chi connectivity index (χ1v) is 11.1. The summed E-state index contributed by atoms with van der Waals surface area (Å²) in [4.78, 5) is 16.0. The Hall–Kier alpha value is -2.07. The lowest BCUT2D eigenvalue weighted by Crippen LogP contribution is -2.45. The highest BCUT2D eigenvalue weighted by Crippen LogP contribution is 2.31. The molecule has 0 spiro atoms. The highest BCUT2D eigenvalue weighted by molar-refractivity contribution is 7.98. The Kier molecular flexibility index (Phi) is 6.29. The summed E-state index contributed by atoms with van der Waals surface area (Å²) >= 11 is 1.50. The van der Waals surface area contributed by atoms with Crippen molar-refractivity contribution in [2.75, 3.05) is 17.7 Å². The van der Waals surface area contributed by atoms with Crippen LogP contribution >= 0.6 is 11.8 Å². The summed E-state index contributed by atoms with van der Waals surface area (Å²) in [6, 6.07) is -0.946. The number of nitrogen functional groups attached to an aromatic ring is 1. The first-order valence-electron chi connectivity index (χ1n) is 8.27. The Labute approximate surface area is 164 Å². The van der Waals surface area contributed by atoms with Gasteiger partial charge in [0.05, 0.1) is 12.4 Å². The third kappa shape index (κ3) is 4.67. The van der Waals surface area contributed by atoms with Crippen LogP contribution in [0.4, 0.5) is 5.82 Å². The maximum absolute atomic E-state index is 12.1. The van der Waals surface area contributed by atoms with Gasteiger partial charge in [-0.1, -0.05) is 0 Å². The number of anilines is 1. The zero-order valence-electron chi connectivity index (χ0n) is 14.9. The van der Waals surface area contributed by atoms with Crippen LogP contribution in [0.1, 0.15) is 25.5 Å². The fourth-order valence-corrected chi connectivity index (χ4v) is 3.97. The van der Waals surface area contributed by atoms with Crippen molar-refractivity contribution in [3.8, 4) is 0 Å². The summed E-state index contributed by atoms with van der Waals surface area (Å²) in [7, 11) is -4.37. The molecule has 2 aromatic heterocycles. The summed E-state index contributed by atoms with van der Waals surface area (Å²) in [5, 5.41) is 11.0. The van der Waals surface area contributed by atoms with E-state index in [4.69, 9.17) is 20.4 Å². The van der Waals surface area contributed by atoms with Crippen LogP contribution in [0.2, 0.25) is 0 Å². The van der Waals surface area contributed by atoms with Crippen LogP contribution in [-0.2, 0) is 24.0 Å². The Morgan fingerprint density at radius 1 is 1.50 bits per heavy atom. The lowest BCUT2D eigenvalue weighted by molar-refractivity contribution is -0.121. The predicted octanol–water partition coefficient (Wildman–Crippen LogP) is -1.10. The molecule has 28 heavy (non-hydrogen) atoms. The van der Waals surface area contributed by atoms with E-state index >= 15 is 0 Å². The molecule has 1 aliphatic rings. The molecule has 3 rings (SSSR count). The number of hydrogen-bond acceptors (Lipinski definition) is 12. The average Bonchev–Trinajstić information content (AvgIpc) is 3.26. The fourth-order valence-electron chi connectivity index (χ4n) is 2.61. The van der Waals surface area contributed by atoms with Crippen molar-refractivity contribution >= 4 is 45.0 Å². The van der Waals surface area contributed by atoms with Crippen LogP contribution in [0, 0.1) is 0 Å². The molecule has 5 N–H and O–H groups in total. The van der Waals surface area contributed by atoms with Crippen molar-refractivity contribution in [2.24, 2.45) is 5.73 Å². The molecule has 0 aliphatic carbocycles. The molecule has 13 nitrogen and oxygen atoms in total. The van der Waals surface area contributed by atoms with E-state index in [1.807, 2.05) is 11.0 Å². The van der Waals surface area contributed by atoms with Gasteiger partial charge in [-0.3, -0.25) is 9.36 Å². The van der Waals surface area contributed by atoms with Gasteiger partial charge < -0.3 is 16.2 Å². The molecule has 0 bridgehead atoms. The summed E-state index contributed by atoms with van der Waals surface area (Å²) in [6.07, 6.45) is 2.69. The number of aromatic nitrogens is 5. The molecule has 0 aromatic carbocycles. The average molecular weight is 432 g/mol. The van der Waals surface area contributed by atoms with Crippen molar-refractivity contribution in [2.45, 2.75) is 37.8 Å². The number of amides is 1. The van der Waals surface area contributed by atoms with Gasteiger partial charge in [0.15, 0.2) is 23.3 Å². The van der Waals surface area contributed by atoms with Crippen LogP contribution in [-0.4, -0.2) is 63.6 Å². The minimum absolute atomic E-state index is 0.123. The van der Waals surface area contributed by atoms with Crippen LogP contribution in [0.15, 0.2) is 6.33 Å². The first-order chi connectivity index (χ1) is 13.3. The van der Waals surface area contributed by atoms with Gasteiger partial charge in [-0.15, -0.1) is 10.2 Å². The Balaban J connectivity index is 1.60. The highest BCUT2D eigenvalue weighted by atomic mass is 32.2. The van der Waals surface area contributed by atoms with Crippen LogP contribution in [0.3, 0.4) is 0 Å². The van der Waals surface area contributed by atoms with Crippen molar-refractivity contribution in [1.29, 1.82) is 0 Å². The van der Waals surface area contributed by atoms with E-state index in [9.17, 15) is 13.2 Å². The number of rotatable bonds is 8. The molecule has 3 atom stereocenters. The number of hydrogen-bond donors (Lipinski definition) is 3. The van der Waals surface area contributed by atoms with Gasteiger partial charge >= 0.3 is 10.3 Å². The lowest BCUT2D eigenvalue weighted by Gasteiger charge is -2.16. The third-order valence-corrected chi connectivity index (χ3v) is 5.56. The lowest BCUT2D eigenvalue weighted by atomic mass is 10.2. The van der Waals surface area contributed by atoms with E-state index in [1.54, 1.807) is 4.57 Å². The first kappa shape index (κ1) is 20.7. The van der Waals surface area contributed by atoms with Crippen molar-refractivity contribution in [3.05, 3.63) is 6.33 Å². The smallest absolute Gasteiger partial charge is 0.364 e. The topological polar surface area (TPSA) is 190 Å². The van der Waals surface area contributed by atoms with Crippen LogP contribution in [0.5, 0.6) is 0 Å². The number of carbonyl (C=O) groups excluding carboxylic acids is 1. The van der Waals surface area contributed by atoms with Crippen molar-refractivity contribution in [3.63, 3.8) is 0 Å². The molecule has 1 fully saturated rings. The molecule has 0 unspecified atom stereocenters. The summed E-state index contributed by atoms with van der Waals surface area (Å²) < 4.78 is 38.0. The standard InChI is InChI=1S/C13H20N8O5S2/c1-27-5-4-7(14)13(22)19-28(23,24)26-9-3-2-8(25-9)21-6-16-10-11(15)17-20-18-12(10)21/h6-9H,2-5,14H2,1H3,(H,19,22)(H2,15,17,18)/t7-,8+,9+/m0/s1. The number of ether oxygens (including phenoxy) is 1. The second-order valence-corrected chi connectivity index (χ2v) is 8.29. The highest BCUT2D eigenvalue weighted by Gasteiger charge is 2.33. The summed E-state index contributed by atoms with van der Waals surface area (Å²) in [5.74, 6) is -0.0786. The van der Waals surface area contributed by atoms with Gasteiger partial charge in [0, 0.05) is 6.42 Å². The molecule has 154 valence electrons. The predicted molar refractivity (Wildman–Crippen MR) is 99.8 cm³/mol. The second-order valence-electron chi connectivity index (χ2n) is 6.00. The SMILES string of the molecule is CSCC[C@H](N)C(=O)NS(=O)(=O)O[C@@H]1CC[C@H](n2cnc3c(N)nnnc32)O1. The Morgan fingerprint density at radius 3 is 3.04 bits per heavy atom. The Bertz CT molecular complexity index is 952. The molecule has 1 saturated heterocycles. The van der Waals surface area contributed by atoms with Crippen LogP contribution < -0.4 is 16.2 Å². The number of thioether (sulfide) groups is 1. The number of imidazole rings is 1. The molecule has 3 heterocycles. The number of carbonyl (C=O) groups is 1. The summed E-state index contributed by atoms with van der Waals surface area (Å²) in [5.41, 5.74) is 12.1. The number of nitrogens with zero attached hydrogens (tertiary/aromatic N) is 5. The van der Waals surface area contributed by atoms with Gasteiger partial charge in [-0.05, 0) is 30.1 Å². The maximum atomic E-state index is 12.1. The molecule has 2 aromatic rings. The maximum Gasteiger partial charge on any atom is 0.364 e. The van der Waals surface area contributed by atoms with E-state index < -0.39 is 34.8 Å². The molecule has 0 radical (unpaired) electrons. The minimum Gasteiger partial charge on any atom is -0.380 e. The van der Waals surface area contributed by atoms with E-state index in [-0.39, 0.29) is 12.2 Å². The van der Waals surface area contributed by atoms with E-state index in [1.165, 1.54) is 18.1 Å². The fraction of sp³-hybridized carbons (Fsp3) is 0.615. The number of nitrogens with two attached hydrogens (primary N) is 2. The van der Waals surface area contributed by atoms with Crippen LogP contribution in [0.25, 0.3) is 11.2 Å². The van der Waals surface area contributed by atoms with Gasteiger partial charge in [-0.2, -0.15) is 20.2 Å². The van der Waals surface area contributed by atoms with Gasteiger partial charge in [-0.25, -0.2) is 13.9 Å². The monoisotopic (exact) mass is 432 g/mol.